The minimum atomic E-state index is 0.858. The van der Waals surface area contributed by atoms with Gasteiger partial charge in [-0.1, -0.05) is 6.07 Å². The third-order valence-electron chi connectivity index (χ3n) is 3.25. The molecule has 4 heteroatoms. The lowest BCUT2D eigenvalue weighted by Crippen LogP contribution is -2.19. The molecular formula is C14H20N4. The summed E-state index contributed by atoms with van der Waals surface area (Å²) in [6, 6.07) is 4.08. The minimum absolute atomic E-state index is 0.858. The van der Waals surface area contributed by atoms with E-state index in [1.165, 1.54) is 11.1 Å². The maximum atomic E-state index is 4.43. The third kappa shape index (κ3) is 2.76. The van der Waals surface area contributed by atoms with Crippen LogP contribution in [0.3, 0.4) is 0 Å². The van der Waals surface area contributed by atoms with Crippen molar-refractivity contribution >= 4 is 0 Å². The van der Waals surface area contributed by atoms with E-state index in [1.54, 1.807) is 0 Å². The van der Waals surface area contributed by atoms with E-state index in [9.17, 15) is 0 Å². The summed E-state index contributed by atoms with van der Waals surface area (Å²) in [5.41, 5.74) is 5.89. The Kier molecular flexibility index (Phi) is 3.77. The number of rotatable bonds is 4. The molecule has 0 radical (unpaired) electrons. The predicted molar refractivity (Wildman–Crippen MR) is 72.2 cm³/mol. The molecular weight excluding hydrogens is 224 g/mol. The first-order chi connectivity index (χ1) is 8.58. The molecule has 0 fully saturated rings. The topological polar surface area (TPSA) is 44.8 Å². The SMILES string of the molecule is Cc1cccnc1CN(C)Cc1c(C)n[nH]c1C. The molecule has 2 rings (SSSR count). The Morgan fingerprint density at radius 3 is 2.61 bits per heavy atom. The second-order valence-corrected chi connectivity index (χ2v) is 4.85. The Balaban J connectivity index is 2.06. The summed E-state index contributed by atoms with van der Waals surface area (Å²) in [4.78, 5) is 6.69. The van der Waals surface area contributed by atoms with Gasteiger partial charge in [-0.25, -0.2) is 0 Å². The average Bonchev–Trinajstić information content (AvgIpc) is 2.64. The van der Waals surface area contributed by atoms with Gasteiger partial charge in [0.25, 0.3) is 0 Å². The molecule has 0 unspecified atom stereocenters. The van der Waals surface area contributed by atoms with Crippen LogP contribution in [0.4, 0.5) is 0 Å². The molecule has 18 heavy (non-hydrogen) atoms. The molecule has 0 spiro atoms. The van der Waals surface area contributed by atoms with Crippen LogP contribution < -0.4 is 0 Å². The standard InChI is InChI=1S/C14H20N4/c1-10-6-5-7-15-14(10)9-18(4)8-13-11(2)16-17-12(13)3/h5-7H,8-9H2,1-4H3,(H,16,17). The number of hydrogen-bond acceptors (Lipinski definition) is 3. The number of aromatic nitrogens is 3. The van der Waals surface area contributed by atoms with Crippen LogP contribution in [-0.2, 0) is 13.1 Å². The summed E-state index contributed by atoms with van der Waals surface area (Å²) in [5.74, 6) is 0. The molecule has 2 aromatic heterocycles. The maximum absolute atomic E-state index is 4.43. The number of aromatic amines is 1. The first-order valence-electron chi connectivity index (χ1n) is 6.17. The summed E-state index contributed by atoms with van der Waals surface area (Å²) in [5, 5.41) is 7.25. The normalized spacial score (nSPS) is 11.2. The Morgan fingerprint density at radius 2 is 2.00 bits per heavy atom. The minimum Gasteiger partial charge on any atom is -0.296 e. The first-order valence-corrected chi connectivity index (χ1v) is 6.17. The van der Waals surface area contributed by atoms with Crippen LogP contribution in [-0.4, -0.2) is 27.1 Å². The Bertz CT molecular complexity index is 511. The smallest absolute Gasteiger partial charge is 0.0639 e. The first kappa shape index (κ1) is 12.8. The van der Waals surface area contributed by atoms with E-state index in [2.05, 4.69) is 47.0 Å². The number of nitrogens with one attached hydrogen (secondary N) is 1. The lowest BCUT2D eigenvalue weighted by atomic mass is 10.1. The Labute approximate surface area is 108 Å². The van der Waals surface area contributed by atoms with Crippen LogP contribution in [0.15, 0.2) is 18.3 Å². The molecule has 96 valence electrons. The van der Waals surface area contributed by atoms with Gasteiger partial charge in [0.05, 0.1) is 11.4 Å². The monoisotopic (exact) mass is 244 g/mol. The van der Waals surface area contributed by atoms with E-state index < -0.39 is 0 Å². The van der Waals surface area contributed by atoms with Crippen LogP contribution in [0.1, 0.15) is 28.2 Å². The molecule has 0 aromatic carbocycles. The fourth-order valence-electron chi connectivity index (χ4n) is 2.07. The third-order valence-corrected chi connectivity index (χ3v) is 3.25. The van der Waals surface area contributed by atoms with Gasteiger partial charge in [0, 0.05) is 30.5 Å². The van der Waals surface area contributed by atoms with Crippen molar-refractivity contribution in [2.45, 2.75) is 33.9 Å². The molecule has 0 amide bonds. The number of aryl methyl sites for hydroxylation is 3. The fourth-order valence-corrected chi connectivity index (χ4v) is 2.07. The van der Waals surface area contributed by atoms with E-state index in [4.69, 9.17) is 0 Å². The second kappa shape index (κ2) is 5.31. The van der Waals surface area contributed by atoms with Gasteiger partial charge in [0.1, 0.15) is 0 Å². The molecule has 2 aromatic rings. The van der Waals surface area contributed by atoms with Gasteiger partial charge in [-0.15, -0.1) is 0 Å². The predicted octanol–water partition coefficient (Wildman–Crippen LogP) is 2.36. The van der Waals surface area contributed by atoms with Crippen molar-refractivity contribution in [3.8, 4) is 0 Å². The lowest BCUT2D eigenvalue weighted by Gasteiger charge is -2.17. The zero-order chi connectivity index (χ0) is 13.1. The summed E-state index contributed by atoms with van der Waals surface area (Å²) in [6.07, 6.45) is 1.85. The van der Waals surface area contributed by atoms with Crippen LogP contribution in [0.25, 0.3) is 0 Å². The van der Waals surface area contributed by atoms with Crippen LogP contribution in [0.5, 0.6) is 0 Å². The summed E-state index contributed by atoms with van der Waals surface area (Å²) in [7, 11) is 2.11. The van der Waals surface area contributed by atoms with Crippen molar-refractivity contribution in [3.05, 3.63) is 46.5 Å². The molecule has 0 aliphatic carbocycles. The highest BCUT2D eigenvalue weighted by Gasteiger charge is 2.10. The lowest BCUT2D eigenvalue weighted by molar-refractivity contribution is 0.313. The molecule has 0 aliphatic rings. The van der Waals surface area contributed by atoms with E-state index in [0.29, 0.717) is 0 Å². The highest BCUT2D eigenvalue weighted by molar-refractivity contribution is 5.23. The molecule has 0 saturated carbocycles. The van der Waals surface area contributed by atoms with Crippen LogP contribution >= 0.6 is 0 Å². The van der Waals surface area contributed by atoms with Crippen LogP contribution in [0, 0.1) is 20.8 Å². The van der Waals surface area contributed by atoms with Crippen molar-refractivity contribution in [2.75, 3.05) is 7.05 Å². The molecule has 0 atom stereocenters. The number of hydrogen-bond donors (Lipinski definition) is 1. The van der Waals surface area contributed by atoms with E-state index in [1.807, 2.05) is 19.2 Å². The molecule has 0 aliphatic heterocycles. The Morgan fingerprint density at radius 1 is 1.22 bits per heavy atom. The largest absolute Gasteiger partial charge is 0.296 e. The average molecular weight is 244 g/mol. The fraction of sp³-hybridized carbons (Fsp3) is 0.429. The van der Waals surface area contributed by atoms with Crippen molar-refractivity contribution in [2.24, 2.45) is 0 Å². The summed E-state index contributed by atoms with van der Waals surface area (Å²) in [6.45, 7) is 7.96. The highest BCUT2D eigenvalue weighted by atomic mass is 15.1. The molecule has 1 N–H and O–H groups in total. The number of pyridine rings is 1. The molecule has 2 heterocycles. The molecule has 0 saturated heterocycles. The summed E-state index contributed by atoms with van der Waals surface area (Å²) >= 11 is 0. The zero-order valence-corrected chi connectivity index (χ0v) is 11.5. The van der Waals surface area contributed by atoms with Gasteiger partial charge >= 0.3 is 0 Å². The van der Waals surface area contributed by atoms with Gasteiger partial charge in [0.2, 0.25) is 0 Å². The van der Waals surface area contributed by atoms with Gasteiger partial charge < -0.3 is 0 Å². The number of H-pyrrole nitrogens is 1. The van der Waals surface area contributed by atoms with E-state index in [-0.39, 0.29) is 0 Å². The van der Waals surface area contributed by atoms with Crippen molar-refractivity contribution in [1.82, 2.24) is 20.1 Å². The van der Waals surface area contributed by atoms with Crippen molar-refractivity contribution in [3.63, 3.8) is 0 Å². The molecule has 4 nitrogen and oxygen atoms in total. The van der Waals surface area contributed by atoms with Crippen molar-refractivity contribution < 1.29 is 0 Å². The van der Waals surface area contributed by atoms with Crippen molar-refractivity contribution in [1.29, 1.82) is 0 Å². The molecule has 0 bridgehead atoms. The zero-order valence-electron chi connectivity index (χ0n) is 11.5. The van der Waals surface area contributed by atoms with Gasteiger partial charge in [-0.3, -0.25) is 15.0 Å². The van der Waals surface area contributed by atoms with Gasteiger partial charge in [-0.2, -0.15) is 5.10 Å². The van der Waals surface area contributed by atoms with Gasteiger partial charge in [-0.05, 0) is 39.4 Å². The maximum Gasteiger partial charge on any atom is 0.0639 e. The quantitative estimate of drug-likeness (QED) is 0.898. The summed E-state index contributed by atoms with van der Waals surface area (Å²) < 4.78 is 0. The van der Waals surface area contributed by atoms with E-state index >= 15 is 0 Å². The Hall–Kier alpha value is -1.68. The van der Waals surface area contributed by atoms with Crippen LogP contribution in [0.2, 0.25) is 0 Å². The number of nitrogens with zero attached hydrogens (tertiary/aromatic N) is 3. The highest BCUT2D eigenvalue weighted by Crippen LogP contribution is 2.14. The van der Waals surface area contributed by atoms with E-state index in [0.717, 1.165) is 30.2 Å². The van der Waals surface area contributed by atoms with Gasteiger partial charge in [0.15, 0.2) is 0 Å². The second-order valence-electron chi connectivity index (χ2n) is 4.85.